The Labute approximate surface area is 114 Å². The smallest absolute Gasteiger partial charge is 0.246 e. The number of hydrogen-bond donors (Lipinski definition) is 1. The van der Waals surface area contributed by atoms with Crippen LogP contribution >= 0.6 is 12.4 Å². The first-order valence-electron chi connectivity index (χ1n) is 5.60. The van der Waals surface area contributed by atoms with Gasteiger partial charge in [-0.3, -0.25) is 4.68 Å². The number of sulfonamides is 1. The average molecular weight is 295 g/mol. The van der Waals surface area contributed by atoms with E-state index in [0.29, 0.717) is 29.4 Å². The lowest BCUT2D eigenvalue weighted by molar-refractivity contribution is 0.471. The van der Waals surface area contributed by atoms with Crippen molar-refractivity contribution in [3.05, 3.63) is 11.4 Å². The van der Waals surface area contributed by atoms with Crippen LogP contribution in [0.1, 0.15) is 17.8 Å². The van der Waals surface area contributed by atoms with Gasteiger partial charge in [0.2, 0.25) is 10.0 Å². The third-order valence-electron chi connectivity index (χ3n) is 3.23. The molecule has 6 nitrogen and oxygen atoms in total. The summed E-state index contributed by atoms with van der Waals surface area (Å²) in [6, 6.07) is -0.0536. The van der Waals surface area contributed by atoms with Crippen molar-refractivity contribution in [2.45, 2.75) is 31.2 Å². The van der Waals surface area contributed by atoms with E-state index in [1.54, 1.807) is 25.6 Å². The molecule has 18 heavy (non-hydrogen) atoms. The van der Waals surface area contributed by atoms with Crippen LogP contribution in [0.5, 0.6) is 0 Å². The first-order chi connectivity index (χ1) is 7.84. The predicted octanol–water partition coefficient (Wildman–Crippen LogP) is 0.180. The van der Waals surface area contributed by atoms with Gasteiger partial charge >= 0.3 is 0 Å². The molecule has 0 bridgehead atoms. The van der Waals surface area contributed by atoms with Gasteiger partial charge in [0.25, 0.3) is 0 Å². The highest BCUT2D eigenvalue weighted by atomic mass is 35.5. The summed E-state index contributed by atoms with van der Waals surface area (Å²) >= 11 is 0. The zero-order valence-electron chi connectivity index (χ0n) is 10.8. The second-order valence-corrected chi connectivity index (χ2v) is 6.41. The largest absolute Gasteiger partial charge is 0.326 e. The lowest BCUT2D eigenvalue weighted by Crippen LogP contribution is -2.32. The highest BCUT2D eigenvalue weighted by Crippen LogP contribution is 2.25. The maximum Gasteiger partial charge on any atom is 0.246 e. The van der Waals surface area contributed by atoms with Crippen LogP contribution in [0.15, 0.2) is 4.90 Å². The summed E-state index contributed by atoms with van der Waals surface area (Å²) in [6.45, 7) is 4.38. The van der Waals surface area contributed by atoms with Gasteiger partial charge in [-0.2, -0.15) is 9.40 Å². The van der Waals surface area contributed by atoms with Crippen LogP contribution in [0.4, 0.5) is 0 Å². The van der Waals surface area contributed by atoms with Crippen molar-refractivity contribution in [2.75, 3.05) is 13.1 Å². The van der Waals surface area contributed by atoms with E-state index in [4.69, 9.17) is 5.73 Å². The van der Waals surface area contributed by atoms with E-state index in [1.807, 2.05) is 0 Å². The summed E-state index contributed by atoms with van der Waals surface area (Å²) in [5, 5.41) is 4.15. The first kappa shape index (κ1) is 15.4. The zero-order valence-corrected chi connectivity index (χ0v) is 12.4. The Morgan fingerprint density at radius 3 is 2.39 bits per heavy atom. The van der Waals surface area contributed by atoms with E-state index in [1.165, 1.54) is 4.31 Å². The Kier molecular flexibility index (Phi) is 4.42. The number of nitrogens with two attached hydrogens (primary N) is 1. The normalized spacial score (nSPS) is 21.0. The number of rotatable bonds is 2. The molecule has 1 atom stereocenters. The maximum absolute atomic E-state index is 12.5. The summed E-state index contributed by atoms with van der Waals surface area (Å²) < 4.78 is 28.0. The van der Waals surface area contributed by atoms with Gasteiger partial charge < -0.3 is 5.73 Å². The monoisotopic (exact) mass is 294 g/mol. The molecule has 1 aliphatic heterocycles. The summed E-state index contributed by atoms with van der Waals surface area (Å²) in [6.07, 6.45) is 0.720. The second kappa shape index (κ2) is 5.16. The van der Waals surface area contributed by atoms with Crippen LogP contribution < -0.4 is 5.73 Å². The van der Waals surface area contributed by atoms with E-state index < -0.39 is 10.0 Å². The molecule has 0 radical (unpaired) electrons. The molecular formula is C10H19ClN4O2S. The molecule has 8 heteroatoms. The molecule has 2 N–H and O–H groups in total. The topological polar surface area (TPSA) is 81.2 Å². The van der Waals surface area contributed by atoms with Crippen molar-refractivity contribution in [1.82, 2.24) is 14.1 Å². The zero-order chi connectivity index (χ0) is 12.8. The highest BCUT2D eigenvalue weighted by molar-refractivity contribution is 7.89. The van der Waals surface area contributed by atoms with Crippen molar-refractivity contribution in [3.63, 3.8) is 0 Å². The third kappa shape index (κ3) is 2.40. The molecule has 2 rings (SSSR count). The van der Waals surface area contributed by atoms with E-state index in [2.05, 4.69) is 5.10 Å². The van der Waals surface area contributed by atoms with Crippen LogP contribution in [0.3, 0.4) is 0 Å². The number of hydrogen-bond acceptors (Lipinski definition) is 4. The van der Waals surface area contributed by atoms with Gasteiger partial charge in [0.15, 0.2) is 0 Å². The van der Waals surface area contributed by atoms with Gasteiger partial charge in [-0.05, 0) is 20.3 Å². The Hall–Kier alpha value is -0.630. The Morgan fingerprint density at radius 2 is 2.00 bits per heavy atom. The molecule has 0 amide bonds. The molecule has 2 heterocycles. The standard InChI is InChI=1S/C10H18N4O2S.ClH/c1-7-10(8(2)13(3)12-7)17(15,16)14-5-4-9(11)6-14;/h9H,4-6,11H2,1-3H3;1H/t9-;/m1./s1. The predicted molar refractivity (Wildman–Crippen MR) is 71.3 cm³/mol. The van der Waals surface area contributed by atoms with Crippen molar-refractivity contribution < 1.29 is 8.42 Å². The number of aromatic nitrogens is 2. The van der Waals surface area contributed by atoms with Crippen molar-refractivity contribution in [3.8, 4) is 0 Å². The Morgan fingerprint density at radius 1 is 1.39 bits per heavy atom. The maximum atomic E-state index is 12.5. The van der Waals surface area contributed by atoms with Crippen molar-refractivity contribution in [1.29, 1.82) is 0 Å². The van der Waals surface area contributed by atoms with Gasteiger partial charge in [0.05, 0.1) is 11.4 Å². The molecular weight excluding hydrogens is 276 g/mol. The van der Waals surface area contributed by atoms with Gasteiger partial charge in [0, 0.05) is 26.2 Å². The summed E-state index contributed by atoms with van der Waals surface area (Å²) in [5.74, 6) is 0. The van der Waals surface area contributed by atoms with E-state index in [-0.39, 0.29) is 18.4 Å². The second-order valence-electron chi connectivity index (χ2n) is 4.54. The minimum Gasteiger partial charge on any atom is -0.326 e. The molecule has 0 spiro atoms. The van der Waals surface area contributed by atoms with Crippen molar-refractivity contribution >= 4 is 22.4 Å². The van der Waals surface area contributed by atoms with Gasteiger partial charge in [-0.1, -0.05) is 0 Å². The van der Waals surface area contributed by atoms with Crippen molar-refractivity contribution in [2.24, 2.45) is 12.8 Å². The summed E-state index contributed by atoms with van der Waals surface area (Å²) in [4.78, 5) is 0.328. The first-order valence-corrected chi connectivity index (χ1v) is 7.04. The SMILES string of the molecule is Cc1nn(C)c(C)c1S(=O)(=O)N1CC[C@@H](N)C1.Cl. The molecule has 104 valence electrons. The fourth-order valence-electron chi connectivity index (χ4n) is 2.23. The molecule has 0 saturated carbocycles. The van der Waals surface area contributed by atoms with Gasteiger partial charge in [-0.15, -0.1) is 12.4 Å². The third-order valence-corrected chi connectivity index (χ3v) is 5.35. The molecule has 1 aromatic rings. The molecule has 1 aromatic heterocycles. The average Bonchev–Trinajstić information content (AvgIpc) is 2.73. The number of halogens is 1. The van der Waals surface area contributed by atoms with E-state index >= 15 is 0 Å². The Bertz CT molecular complexity index is 540. The molecule has 0 aromatic carbocycles. The van der Waals surface area contributed by atoms with E-state index in [0.717, 1.165) is 6.42 Å². The minimum absolute atomic E-state index is 0. The highest BCUT2D eigenvalue weighted by Gasteiger charge is 2.34. The fourth-order valence-corrected chi connectivity index (χ4v) is 4.14. The van der Waals surface area contributed by atoms with Gasteiger partial charge in [-0.25, -0.2) is 8.42 Å². The Balaban J connectivity index is 0.00000162. The molecule has 1 saturated heterocycles. The van der Waals surface area contributed by atoms with Crippen LogP contribution in [0, 0.1) is 13.8 Å². The number of aryl methyl sites for hydroxylation is 2. The summed E-state index contributed by atoms with van der Waals surface area (Å²) in [7, 11) is -1.70. The van der Waals surface area contributed by atoms with Crippen LogP contribution in [-0.2, 0) is 17.1 Å². The number of nitrogens with zero attached hydrogens (tertiary/aromatic N) is 3. The summed E-state index contributed by atoms with van der Waals surface area (Å²) in [5.41, 5.74) is 6.97. The van der Waals surface area contributed by atoms with Gasteiger partial charge in [0.1, 0.15) is 4.90 Å². The molecule has 0 unspecified atom stereocenters. The quantitative estimate of drug-likeness (QED) is 0.844. The lowest BCUT2D eigenvalue weighted by atomic mass is 10.3. The minimum atomic E-state index is -3.44. The lowest BCUT2D eigenvalue weighted by Gasteiger charge is -2.16. The van der Waals surface area contributed by atoms with Crippen LogP contribution in [0.2, 0.25) is 0 Å². The molecule has 0 aliphatic carbocycles. The van der Waals surface area contributed by atoms with Crippen LogP contribution in [-0.4, -0.2) is 41.6 Å². The molecule has 1 fully saturated rings. The molecule has 1 aliphatic rings. The fraction of sp³-hybridized carbons (Fsp3) is 0.700. The van der Waals surface area contributed by atoms with Crippen LogP contribution in [0.25, 0.3) is 0 Å². The van der Waals surface area contributed by atoms with E-state index in [9.17, 15) is 8.42 Å².